The van der Waals surface area contributed by atoms with Gasteiger partial charge < -0.3 is 9.80 Å². The SMILES string of the molecule is Cc1cc(N2C[C@H]3CC[C@@H](C2)C3Cc2nc3n(n2)CCCN3c2ccc(F)c(F)c2)ncn1. The maximum atomic E-state index is 13.8. The van der Waals surface area contributed by atoms with Crippen molar-refractivity contribution in [2.45, 2.75) is 39.2 Å². The Bertz CT molecular complexity index is 1170. The Kier molecular flexibility index (Phi) is 4.99. The number of nitrogens with zero attached hydrogens (tertiary/aromatic N) is 7. The number of piperidine rings is 1. The molecule has 9 heteroatoms. The number of fused-ring (bicyclic) bond motifs is 3. The van der Waals surface area contributed by atoms with Crippen LogP contribution >= 0.6 is 0 Å². The van der Waals surface area contributed by atoms with E-state index in [1.54, 1.807) is 12.4 Å². The Labute approximate surface area is 191 Å². The first kappa shape index (κ1) is 20.5. The van der Waals surface area contributed by atoms with Gasteiger partial charge >= 0.3 is 0 Å². The highest BCUT2D eigenvalue weighted by atomic mass is 19.2. The van der Waals surface area contributed by atoms with Crippen LogP contribution in [0.25, 0.3) is 0 Å². The Morgan fingerprint density at radius 1 is 1.00 bits per heavy atom. The van der Waals surface area contributed by atoms with Gasteiger partial charge in [0.15, 0.2) is 17.5 Å². The molecule has 172 valence electrons. The summed E-state index contributed by atoms with van der Waals surface area (Å²) in [6.07, 6.45) is 5.85. The van der Waals surface area contributed by atoms with E-state index in [0.29, 0.717) is 30.0 Å². The molecular formula is C24H27F2N7. The van der Waals surface area contributed by atoms with E-state index in [1.807, 2.05) is 16.5 Å². The lowest BCUT2D eigenvalue weighted by Crippen LogP contribution is -2.43. The number of hydrogen-bond acceptors (Lipinski definition) is 6. The molecule has 0 N–H and O–H groups in total. The highest BCUT2D eigenvalue weighted by Gasteiger charge is 2.43. The largest absolute Gasteiger partial charge is 0.356 e. The molecule has 4 heterocycles. The van der Waals surface area contributed by atoms with Crippen molar-refractivity contribution in [1.29, 1.82) is 0 Å². The minimum atomic E-state index is -0.841. The van der Waals surface area contributed by atoms with E-state index < -0.39 is 11.6 Å². The summed E-state index contributed by atoms with van der Waals surface area (Å²) >= 11 is 0. The van der Waals surface area contributed by atoms with Crippen LogP contribution in [0.2, 0.25) is 0 Å². The van der Waals surface area contributed by atoms with E-state index in [1.165, 1.54) is 25.0 Å². The van der Waals surface area contributed by atoms with Crippen molar-refractivity contribution in [3.63, 3.8) is 0 Å². The summed E-state index contributed by atoms with van der Waals surface area (Å²) in [5.74, 6) is 2.68. The van der Waals surface area contributed by atoms with Crippen LogP contribution in [0.3, 0.4) is 0 Å². The van der Waals surface area contributed by atoms with Gasteiger partial charge in [-0.05, 0) is 56.1 Å². The fourth-order valence-electron chi connectivity index (χ4n) is 5.87. The number of rotatable bonds is 4. The van der Waals surface area contributed by atoms with Crippen molar-refractivity contribution >= 4 is 17.5 Å². The molecule has 2 fully saturated rings. The number of halogens is 2. The minimum absolute atomic E-state index is 0.561. The normalized spacial score (nSPS) is 24.3. The number of aromatic nitrogens is 5. The molecule has 3 aliphatic rings. The number of aryl methyl sites for hydroxylation is 2. The van der Waals surface area contributed by atoms with Crippen molar-refractivity contribution in [3.05, 3.63) is 53.7 Å². The summed E-state index contributed by atoms with van der Waals surface area (Å²) in [4.78, 5) is 17.9. The molecule has 7 nitrogen and oxygen atoms in total. The fraction of sp³-hybridized carbons (Fsp3) is 0.500. The monoisotopic (exact) mass is 451 g/mol. The summed E-state index contributed by atoms with van der Waals surface area (Å²) in [6.45, 7) is 5.52. The second kappa shape index (κ2) is 8.04. The van der Waals surface area contributed by atoms with Crippen molar-refractivity contribution in [3.8, 4) is 0 Å². The average Bonchev–Trinajstić information content (AvgIpc) is 3.31. The third kappa shape index (κ3) is 3.73. The summed E-state index contributed by atoms with van der Waals surface area (Å²) in [7, 11) is 0. The molecule has 6 rings (SSSR count). The van der Waals surface area contributed by atoms with Gasteiger partial charge in [0.2, 0.25) is 5.95 Å². The van der Waals surface area contributed by atoms with E-state index >= 15 is 0 Å². The quantitative estimate of drug-likeness (QED) is 0.600. The Morgan fingerprint density at radius 2 is 1.82 bits per heavy atom. The molecule has 1 saturated heterocycles. The first-order valence-electron chi connectivity index (χ1n) is 11.7. The van der Waals surface area contributed by atoms with Gasteiger partial charge in [0.05, 0.1) is 0 Å². The lowest BCUT2D eigenvalue weighted by atomic mass is 9.82. The number of benzene rings is 1. The molecule has 0 radical (unpaired) electrons. The highest BCUT2D eigenvalue weighted by molar-refractivity contribution is 5.58. The van der Waals surface area contributed by atoms with Crippen LogP contribution in [0.5, 0.6) is 0 Å². The zero-order chi connectivity index (χ0) is 22.5. The molecule has 1 aliphatic carbocycles. The van der Waals surface area contributed by atoms with Gasteiger partial charge in [-0.1, -0.05) is 0 Å². The van der Waals surface area contributed by atoms with Crippen molar-refractivity contribution in [2.24, 2.45) is 17.8 Å². The van der Waals surface area contributed by atoms with Crippen molar-refractivity contribution in [1.82, 2.24) is 24.7 Å². The second-order valence-electron chi connectivity index (χ2n) is 9.54. The Balaban J connectivity index is 1.21. The molecule has 1 saturated carbocycles. The van der Waals surface area contributed by atoms with Crippen LogP contribution in [0.15, 0.2) is 30.6 Å². The van der Waals surface area contributed by atoms with Crippen LogP contribution in [0.4, 0.5) is 26.2 Å². The van der Waals surface area contributed by atoms with E-state index in [9.17, 15) is 8.78 Å². The average molecular weight is 452 g/mol. The third-order valence-electron chi connectivity index (χ3n) is 7.46. The van der Waals surface area contributed by atoms with Crippen molar-refractivity contribution < 1.29 is 8.78 Å². The van der Waals surface area contributed by atoms with E-state index in [0.717, 1.165) is 55.8 Å². The number of anilines is 3. The molecule has 3 aromatic rings. The van der Waals surface area contributed by atoms with Gasteiger partial charge in [0, 0.05) is 56.1 Å². The van der Waals surface area contributed by atoms with Gasteiger partial charge in [-0.25, -0.2) is 23.4 Å². The standard InChI is InChI=1S/C24H27F2N7/c1-15-9-23(28-14-27-15)31-12-16-3-4-17(13-31)19(16)11-22-29-24-32(7-2-8-33(24)30-22)18-5-6-20(25)21(26)10-18/h5-6,9-10,14,16-17,19H,2-4,7-8,11-13H2,1H3/t16-,17+,19?. The topological polar surface area (TPSA) is 63.0 Å². The Hall–Kier alpha value is -3.10. The van der Waals surface area contributed by atoms with Crippen LogP contribution in [-0.4, -0.2) is 44.4 Å². The van der Waals surface area contributed by atoms with Gasteiger partial charge in [-0.2, -0.15) is 10.1 Å². The van der Waals surface area contributed by atoms with Crippen molar-refractivity contribution in [2.75, 3.05) is 29.4 Å². The molecule has 1 unspecified atom stereocenters. The molecular weight excluding hydrogens is 424 g/mol. The lowest BCUT2D eigenvalue weighted by molar-refractivity contribution is 0.264. The van der Waals surface area contributed by atoms with Gasteiger partial charge in [0.1, 0.15) is 12.1 Å². The zero-order valence-electron chi connectivity index (χ0n) is 18.7. The Morgan fingerprint density at radius 3 is 2.58 bits per heavy atom. The molecule has 3 atom stereocenters. The molecule has 0 amide bonds. The minimum Gasteiger partial charge on any atom is -0.356 e. The maximum Gasteiger partial charge on any atom is 0.228 e. The second-order valence-corrected chi connectivity index (χ2v) is 9.54. The van der Waals surface area contributed by atoms with Crippen LogP contribution < -0.4 is 9.80 Å². The molecule has 33 heavy (non-hydrogen) atoms. The fourth-order valence-corrected chi connectivity index (χ4v) is 5.87. The van der Waals surface area contributed by atoms with Crippen LogP contribution in [0, 0.1) is 36.3 Å². The molecule has 0 spiro atoms. The van der Waals surface area contributed by atoms with E-state index in [4.69, 9.17) is 10.1 Å². The van der Waals surface area contributed by atoms with Crippen LogP contribution in [0.1, 0.15) is 30.8 Å². The zero-order valence-corrected chi connectivity index (χ0v) is 18.7. The van der Waals surface area contributed by atoms with Crippen LogP contribution in [-0.2, 0) is 13.0 Å². The summed E-state index contributed by atoms with van der Waals surface area (Å²) in [5, 5.41) is 4.81. The van der Waals surface area contributed by atoms with Gasteiger partial charge in [-0.3, -0.25) is 0 Å². The predicted octanol–water partition coefficient (Wildman–Crippen LogP) is 3.90. The first-order valence-corrected chi connectivity index (χ1v) is 11.7. The van der Waals surface area contributed by atoms with E-state index in [2.05, 4.69) is 20.9 Å². The molecule has 2 aliphatic heterocycles. The first-order chi connectivity index (χ1) is 16.0. The van der Waals surface area contributed by atoms with Gasteiger partial charge in [0.25, 0.3) is 0 Å². The molecule has 2 aromatic heterocycles. The summed E-state index contributed by atoms with van der Waals surface area (Å²) in [5.41, 5.74) is 1.61. The molecule has 1 aromatic carbocycles. The maximum absolute atomic E-state index is 13.8. The smallest absolute Gasteiger partial charge is 0.228 e. The highest BCUT2D eigenvalue weighted by Crippen LogP contribution is 2.44. The summed E-state index contributed by atoms with van der Waals surface area (Å²) < 4.78 is 29.2. The summed E-state index contributed by atoms with van der Waals surface area (Å²) in [6, 6.07) is 6.08. The van der Waals surface area contributed by atoms with E-state index in [-0.39, 0.29) is 0 Å². The lowest BCUT2D eigenvalue weighted by Gasteiger charge is -2.38. The number of hydrogen-bond donors (Lipinski definition) is 0. The molecule has 2 bridgehead atoms. The third-order valence-corrected chi connectivity index (χ3v) is 7.46. The predicted molar refractivity (Wildman–Crippen MR) is 120 cm³/mol. The van der Waals surface area contributed by atoms with Gasteiger partial charge in [-0.15, -0.1) is 0 Å².